The monoisotopic (exact) mass is 254 g/mol. The molecule has 2 aromatic carbocycles. The average Bonchev–Trinajstić information content (AvgIpc) is 2.45. The van der Waals surface area contributed by atoms with E-state index in [1.807, 2.05) is 0 Å². The van der Waals surface area contributed by atoms with E-state index in [0.29, 0.717) is 0 Å². The lowest BCUT2D eigenvalue weighted by Gasteiger charge is -2.19. The van der Waals surface area contributed by atoms with Crippen LogP contribution in [0.3, 0.4) is 0 Å². The number of hydrogen-bond acceptors (Lipinski definition) is 2. The van der Waals surface area contributed by atoms with Gasteiger partial charge in [-0.05, 0) is 29.7 Å². The van der Waals surface area contributed by atoms with Crippen molar-refractivity contribution in [3.63, 3.8) is 0 Å². The van der Waals surface area contributed by atoms with E-state index in [-0.39, 0.29) is 0 Å². The van der Waals surface area contributed by atoms with Gasteiger partial charge in [0.15, 0.2) is 0 Å². The first-order valence-electron chi connectivity index (χ1n) is 6.79. The van der Waals surface area contributed by atoms with Crippen molar-refractivity contribution < 1.29 is 0 Å². The molecule has 0 heterocycles. The molecule has 0 amide bonds. The van der Waals surface area contributed by atoms with Crippen molar-refractivity contribution in [1.29, 1.82) is 0 Å². The van der Waals surface area contributed by atoms with E-state index in [2.05, 4.69) is 79.8 Å². The Labute approximate surface area is 116 Å². The fourth-order valence-corrected chi connectivity index (χ4v) is 2.28. The third-order valence-electron chi connectivity index (χ3n) is 3.35. The van der Waals surface area contributed by atoms with E-state index in [0.717, 1.165) is 13.0 Å². The van der Waals surface area contributed by atoms with Crippen LogP contribution < -0.4 is 10.2 Å². The Morgan fingerprint density at radius 1 is 0.895 bits per heavy atom. The van der Waals surface area contributed by atoms with Gasteiger partial charge in [0, 0.05) is 20.6 Å². The maximum absolute atomic E-state index is 3.54. The van der Waals surface area contributed by atoms with E-state index in [4.69, 9.17) is 0 Å². The smallest absolute Gasteiger partial charge is 0.0596 e. The fraction of sp³-hybridized carbons (Fsp3) is 0.294. The van der Waals surface area contributed by atoms with Crippen LogP contribution in [0.4, 0.5) is 11.4 Å². The van der Waals surface area contributed by atoms with Gasteiger partial charge in [0.25, 0.3) is 0 Å². The second-order valence-corrected chi connectivity index (χ2v) is 4.89. The quantitative estimate of drug-likeness (QED) is 0.869. The molecule has 0 saturated carbocycles. The topological polar surface area (TPSA) is 15.3 Å². The molecular formula is C17H22N2. The van der Waals surface area contributed by atoms with E-state index < -0.39 is 0 Å². The first kappa shape index (κ1) is 13.5. The van der Waals surface area contributed by atoms with Crippen LogP contribution >= 0.6 is 0 Å². The number of aryl methyl sites for hydroxylation is 1. The summed E-state index contributed by atoms with van der Waals surface area (Å²) in [7, 11) is 4.14. The van der Waals surface area contributed by atoms with E-state index in [1.165, 1.54) is 22.5 Å². The molecule has 0 bridgehead atoms. The summed E-state index contributed by atoms with van der Waals surface area (Å²) in [5.41, 5.74) is 5.19. The summed E-state index contributed by atoms with van der Waals surface area (Å²) in [6.07, 6.45) is 1.08. The summed E-state index contributed by atoms with van der Waals surface area (Å²) in [6.45, 7) is 3.07. The van der Waals surface area contributed by atoms with Crippen LogP contribution in [-0.4, -0.2) is 14.1 Å². The van der Waals surface area contributed by atoms with Crippen LogP contribution in [-0.2, 0) is 13.0 Å². The van der Waals surface area contributed by atoms with Gasteiger partial charge in [0.1, 0.15) is 0 Å². The maximum Gasteiger partial charge on any atom is 0.0596 e. The van der Waals surface area contributed by atoms with E-state index in [1.54, 1.807) is 0 Å². The highest BCUT2D eigenvalue weighted by Gasteiger charge is 2.04. The van der Waals surface area contributed by atoms with Crippen molar-refractivity contribution in [3.8, 4) is 0 Å². The molecule has 2 nitrogen and oxygen atoms in total. The number of benzene rings is 2. The fourth-order valence-electron chi connectivity index (χ4n) is 2.28. The molecule has 0 fully saturated rings. The first-order valence-corrected chi connectivity index (χ1v) is 6.79. The maximum atomic E-state index is 3.54. The number of anilines is 2. The van der Waals surface area contributed by atoms with Gasteiger partial charge in [-0.15, -0.1) is 0 Å². The molecule has 0 spiro atoms. The Balaban J connectivity index is 2.15. The van der Waals surface area contributed by atoms with Crippen LogP contribution in [0.1, 0.15) is 18.1 Å². The molecule has 0 aliphatic rings. The van der Waals surface area contributed by atoms with Crippen molar-refractivity contribution >= 4 is 11.4 Å². The van der Waals surface area contributed by atoms with Crippen LogP contribution in [0, 0.1) is 0 Å². The predicted octanol–water partition coefficient (Wildman–Crippen LogP) is 3.93. The SMILES string of the molecule is CCc1ccccc1CNc1ccccc1N(C)C. The summed E-state index contributed by atoms with van der Waals surface area (Å²) in [5, 5.41) is 3.54. The minimum Gasteiger partial charge on any atom is -0.379 e. The van der Waals surface area contributed by atoms with Crippen molar-refractivity contribution in [1.82, 2.24) is 0 Å². The van der Waals surface area contributed by atoms with Gasteiger partial charge in [0.05, 0.1) is 11.4 Å². The number of para-hydroxylation sites is 2. The van der Waals surface area contributed by atoms with Gasteiger partial charge in [-0.2, -0.15) is 0 Å². The molecule has 0 aliphatic carbocycles. The summed E-state index contributed by atoms with van der Waals surface area (Å²) in [6, 6.07) is 17.0. The zero-order chi connectivity index (χ0) is 13.7. The number of hydrogen-bond donors (Lipinski definition) is 1. The van der Waals surface area contributed by atoms with Gasteiger partial charge >= 0.3 is 0 Å². The third kappa shape index (κ3) is 3.28. The highest BCUT2D eigenvalue weighted by molar-refractivity contribution is 5.69. The highest BCUT2D eigenvalue weighted by atomic mass is 15.1. The summed E-state index contributed by atoms with van der Waals surface area (Å²) in [4.78, 5) is 2.13. The van der Waals surface area contributed by atoms with Gasteiger partial charge in [0.2, 0.25) is 0 Å². The molecule has 1 N–H and O–H groups in total. The molecular weight excluding hydrogens is 232 g/mol. The zero-order valence-corrected chi connectivity index (χ0v) is 12.0. The normalized spacial score (nSPS) is 10.3. The van der Waals surface area contributed by atoms with Gasteiger partial charge in [-0.25, -0.2) is 0 Å². The van der Waals surface area contributed by atoms with Crippen LogP contribution in [0.25, 0.3) is 0 Å². The molecule has 0 radical (unpaired) electrons. The molecule has 100 valence electrons. The Hall–Kier alpha value is -1.96. The van der Waals surface area contributed by atoms with Gasteiger partial charge in [-0.3, -0.25) is 0 Å². The molecule has 2 rings (SSSR count). The highest BCUT2D eigenvalue weighted by Crippen LogP contribution is 2.24. The molecule has 2 aromatic rings. The molecule has 0 saturated heterocycles. The first-order chi connectivity index (χ1) is 9.22. The molecule has 0 atom stereocenters. The van der Waals surface area contributed by atoms with Gasteiger partial charge in [-0.1, -0.05) is 43.3 Å². The lowest BCUT2D eigenvalue weighted by atomic mass is 10.1. The predicted molar refractivity (Wildman–Crippen MR) is 83.9 cm³/mol. The molecule has 0 aromatic heterocycles. The second kappa shape index (κ2) is 6.28. The second-order valence-electron chi connectivity index (χ2n) is 4.89. The van der Waals surface area contributed by atoms with Crippen molar-refractivity contribution in [2.45, 2.75) is 19.9 Å². The molecule has 0 aliphatic heterocycles. The Kier molecular flexibility index (Phi) is 4.45. The van der Waals surface area contributed by atoms with Gasteiger partial charge < -0.3 is 10.2 Å². The van der Waals surface area contributed by atoms with Crippen molar-refractivity contribution in [3.05, 3.63) is 59.7 Å². The standard InChI is InChI=1S/C17H22N2/c1-4-14-9-5-6-10-15(14)13-18-16-11-7-8-12-17(16)19(2)3/h5-12,18H,4,13H2,1-3H3. The van der Waals surface area contributed by atoms with E-state index >= 15 is 0 Å². The summed E-state index contributed by atoms with van der Waals surface area (Å²) < 4.78 is 0. The minimum atomic E-state index is 0.870. The van der Waals surface area contributed by atoms with Crippen molar-refractivity contribution in [2.24, 2.45) is 0 Å². The lowest BCUT2D eigenvalue weighted by molar-refractivity contribution is 1.04. The lowest BCUT2D eigenvalue weighted by Crippen LogP contribution is -2.12. The Morgan fingerprint density at radius 2 is 1.53 bits per heavy atom. The number of nitrogens with one attached hydrogen (secondary N) is 1. The van der Waals surface area contributed by atoms with Crippen LogP contribution in [0.15, 0.2) is 48.5 Å². The van der Waals surface area contributed by atoms with E-state index in [9.17, 15) is 0 Å². The number of rotatable bonds is 5. The Bertz CT molecular complexity index is 532. The minimum absolute atomic E-state index is 0.870. The van der Waals surface area contributed by atoms with Crippen LogP contribution in [0.5, 0.6) is 0 Å². The van der Waals surface area contributed by atoms with Crippen LogP contribution in [0.2, 0.25) is 0 Å². The molecule has 19 heavy (non-hydrogen) atoms. The summed E-state index contributed by atoms with van der Waals surface area (Å²) in [5.74, 6) is 0. The Morgan fingerprint density at radius 3 is 2.21 bits per heavy atom. The summed E-state index contributed by atoms with van der Waals surface area (Å²) >= 11 is 0. The third-order valence-corrected chi connectivity index (χ3v) is 3.35. The number of nitrogens with zero attached hydrogens (tertiary/aromatic N) is 1. The van der Waals surface area contributed by atoms with Crippen molar-refractivity contribution in [2.75, 3.05) is 24.3 Å². The molecule has 2 heteroatoms. The molecule has 0 unspecified atom stereocenters. The zero-order valence-electron chi connectivity index (χ0n) is 12.0. The largest absolute Gasteiger partial charge is 0.379 e. The average molecular weight is 254 g/mol.